The highest BCUT2D eigenvalue weighted by molar-refractivity contribution is 5.86. The zero-order valence-electron chi connectivity index (χ0n) is 13.5. The average Bonchev–Trinajstić information content (AvgIpc) is 2.99. The second-order valence-corrected chi connectivity index (χ2v) is 5.78. The second kappa shape index (κ2) is 7.29. The number of ether oxygens (including phenoxy) is 1. The van der Waals surface area contributed by atoms with Gasteiger partial charge in [0.15, 0.2) is 0 Å². The number of benzene rings is 2. The van der Waals surface area contributed by atoms with Crippen molar-refractivity contribution in [2.75, 3.05) is 13.7 Å². The Bertz CT molecular complexity index is 669. The molecule has 4 nitrogen and oxygen atoms in total. The van der Waals surface area contributed by atoms with Crippen molar-refractivity contribution < 1.29 is 4.74 Å². The molecular formula is C19H23N3O. The lowest BCUT2D eigenvalue weighted by Gasteiger charge is -2.24. The molecule has 3 rings (SSSR count). The summed E-state index contributed by atoms with van der Waals surface area (Å²) in [7, 11) is 1.70. The molecule has 0 saturated heterocycles. The number of methoxy groups -OCH3 is 1. The lowest BCUT2D eigenvalue weighted by atomic mass is 10.00. The number of rotatable bonds is 6. The van der Waals surface area contributed by atoms with Gasteiger partial charge >= 0.3 is 0 Å². The van der Waals surface area contributed by atoms with Crippen LogP contribution >= 0.6 is 0 Å². The van der Waals surface area contributed by atoms with Crippen LogP contribution in [0.4, 0.5) is 0 Å². The zero-order valence-corrected chi connectivity index (χ0v) is 13.5. The molecule has 0 radical (unpaired) electrons. The van der Waals surface area contributed by atoms with Crippen molar-refractivity contribution in [2.24, 2.45) is 10.8 Å². The molecule has 2 aromatic rings. The maximum Gasteiger partial charge on any atom is 0.119 e. The number of nitrogens with zero attached hydrogens (tertiary/aromatic N) is 2. The molecule has 0 aliphatic carbocycles. The molecule has 1 unspecified atom stereocenters. The summed E-state index contributed by atoms with van der Waals surface area (Å²) >= 11 is 0. The van der Waals surface area contributed by atoms with Crippen molar-refractivity contribution in [3.63, 3.8) is 0 Å². The molecular weight excluding hydrogens is 286 g/mol. The van der Waals surface area contributed by atoms with Crippen LogP contribution in [0.15, 0.2) is 59.7 Å². The van der Waals surface area contributed by atoms with Crippen LogP contribution < -0.4 is 10.5 Å². The highest BCUT2D eigenvalue weighted by Gasteiger charge is 2.27. The Morgan fingerprint density at radius 3 is 2.74 bits per heavy atom. The standard InChI is InChI=1S/C19H23N3O/c1-23-18-9-5-8-16(12-18)19-13-17(10-11-20)21-22(19)14-15-6-3-2-4-7-15/h2-9,12,19H,10-11,13-14,20H2,1H3. The first-order chi connectivity index (χ1) is 11.3. The Kier molecular flexibility index (Phi) is 4.93. The van der Waals surface area contributed by atoms with Gasteiger partial charge < -0.3 is 10.5 Å². The minimum atomic E-state index is 0.242. The van der Waals surface area contributed by atoms with Gasteiger partial charge in [0.25, 0.3) is 0 Å². The summed E-state index contributed by atoms with van der Waals surface area (Å²) in [6.45, 7) is 1.44. The first-order valence-electron chi connectivity index (χ1n) is 8.01. The van der Waals surface area contributed by atoms with Crippen LogP contribution in [0.25, 0.3) is 0 Å². The zero-order chi connectivity index (χ0) is 16.1. The molecule has 0 saturated carbocycles. The lowest BCUT2D eigenvalue weighted by Crippen LogP contribution is -2.19. The third kappa shape index (κ3) is 3.71. The van der Waals surface area contributed by atoms with E-state index in [0.717, 1.165) is 25.1 Å². The second-order valence-electron chi connectivity index (χ2n) is 5.78. The van der Waals surface area contributed by atoms with Gasteiger partial charge in [0, 0.05) is 12.1 Å². The summed E-state index contributed by atoms with van der Waals surface area (Å²) in [5.74, 6) is 0.884. The Balaban J connectivity index is 1.84. The molecule has 0 aromatic heterocycles. The number of nitrogens with two attached hydrogens (primary N) is 1. The van der Waals surface area contributed by atoms with E-state index in [-0.39, 0.29) is 6.04 Å². The van der Waals surface area contributed by atoms with Crippen LogP contribution in [0.2, 0.25) is 0 Å². The van der Waals surface area contributed by atoms with Crippen LogP contribution in [0.3, 0.4) is 0 Å². The van der Waals surface area contributed by atoms with E-state index in [1.54, 1.807) is 7.11 Å². The van der Waals surface area contributed by atoms with Crippen LogP contribution in [0.5, 0.6) is 5.75 Å². The van der Waals surface area contributed by atoms with E-state index in [0.29, 0.717) is 6.54 Å². The summed E-state index contributed by atoms with van der Waals surface area (Å²) in [4.78, 5) is 0. The quantitative estimate of drug-likeness (QED) is 0.890. The van der Waals surface area contributed by atoms with E-state index in [4.69, 9.17) is 15.6 Å². The summed E-state index contributed by atoms with van der Waals surface area (Å²) in [5, 5.41) is 6.99. The molecule has 1 aliphatic heterocycles. The maximum absolute atomic E-state index is 5.72. The highest BCUT2D eigenvalue weighted by Crippen LogP contribution is 2.34. The molecule has 1 atom stereocenters. The van der Waals surface area contributed by atoms with Crippen molar-refractivity contribution in [3.8, 4) is 5.75 Å². The Morgan fingerprint density at radius 2 is 2.00 bits per heavy atom. The van der Waals surface area contributed by atoms with E-state index >= 15 is 0 Å². The molecule has 0 spiro atoms. The molecule has 4 heteroatoms. The van der Waals surface area contributed by atoms with E-state index < -0.39 is 0 Å². The van der Waals surface area contributed by atoms with Crippen LogP contribution in [0, 0.1) is 0 Å². The molecule has 1 aliphatic rings. The van der Waals surface area contributed by atoms with Gasteiger partial charge in [-0.2, -0.15) is 5.10 Å². The van der Waals surface area contributed by atoms with Gasteiger partial charge in [-0.3, -0.25) is 5.01 Å². The van der Waals surface area contributed by atoms with Crippen LogP contribution in [0.1, 0.15) is 30.0 Å². The summed E-state index contributed by atoms with van der Waals surface area (Å²) in [6, 6.07) is 18.9. The van der Waals surface area contributed by atoms with Crippen molar-refractivity contribution >= 4 is 5.71 Å². The smallest absolute Gasteiger partial charge is 0.119 e. The first-order valence-corrected chi connectivity index (χ1v) is 8.01. The van der Waals surface area contributed by atoms with Gasteiger partial charge in [-0.1, -0.05) is 42.5 Å². The predicted octanol–water partition coefficient (Wildman–Crippen LogP) is 3.35. The SMILES string of the molecule is COc1cccc(C2CC(CCN)=NN2Cc2ccccc2)c1. The summed E-state index contributed by atoms with van der Waals surface area (Å²) in [5.41, 5.74) is 9.39. The Morgan fingerprint density at radius 1 is 1.17 bits per heavy atom. The van der Waals surface area contributed by atoms with Gasteiger partial charge in [0.1, 0.15) is 5.75 Å². The first kappa shape index (κ1) is 15.6. The maximum atomic E-state index is 5.72. The van der Waals surface area contributed by atoms with E-state index in [9.17, 15) is 0 Å². The number of hydrogen-bond acceptors (Lipinski definition) is 4. The molecule has 0 bridgehead atoms. The fourth-order valence-corrected chi connectivity index (χ4v) is 2.99. The van der Waals surface area contributed by atoms with Crippen LogP contribution in [-0.4, -0.2) is 24.4 Å². The van der Waals surface area contributed by atoms with E-state index in [2.05, 4.69) is 41.4 Å². The number of hydrazone groups is 1. The van der Waals surface area contributed by atoms with Crippen molar-refractivity contribution in [3.05, 3.63) is 65.7 Å². The molecule has 23 heavy (non-hydrogen) atoms. The fourth-order valence-electron chi connectivity index (χ4n) is 2.99. The van der Waals surface area contributed by atoms with Gasteiger partial charge in [0.2, 0.25) is 0 Å². The van der Waals surface area contributed by atoms with Crippen molar-refractivity contribution in [2.45, 2.75) is 25.4 Å². The fraction of sp³-hybridized carbons (Fsp3) is 0.316. The van der Waals surface area contributed by atoms with E-state index in [1.165, 1.54) is 16.8 Å². The van der Waals surface area contributed by atoms with Gasteiger partial charge in [-0.25, -0.2) is 0 Å². The monoisotopic (exact) mass is 309 g/mol. The molecule has 1 heterocycles. The third-order valence-corrected chi connectivity index (χ3v) is 4.16. The topological polar surface area (TPSA) is 50.9 Å². The predicted molar refractivity (Wildman–Crippen MR) is 93.4 cm³/mol. The largest absolute Gasteiger partial charge is 0.497 e. The van der Waals surface area contributed by atoms with Gasteiger partial charge in [-0.15, -0.1) is 0 Å². The minimum absolute atomic E-state index is 0.242. The lowest BCUT2D eigenvalue weighted by molar-refractivity contribution is 0.224. The minimum Gasteiger partial charge on any atom is -0.497 e. The molecule has 0 amide bonds. The molecule has 120 valence electrons. The van der Waals surface area contributed by atoms with Gasteiger partial charge in [0.05, 0.1) is 19.7 Å². The highest BCUT2D eigenvalue weighted by atomic mass is 16.5. The van der Waals surface area contributed by atoms with E-state index in [1.807, 2.05) is 18.2 Å². The Labute approximate surface area is 137 Å². The summed E-state index contributed by atoms with van der Waals surface area (Å²) < 4.78 is 5.37. The summed E-state index contributed by atoms with van der Waals surface area (Å²) in [6.07, 6.45) is 1.78. The normalized spacial score (nSPS) is 17.2. The Hall–Kier alpha value is -2.33. The van der Waals surface area contributed by atoms with Crippen LogP contribution in [-0.2, 0) is 6.54 Å². The van der Waals surface area contributed by atoms with Crippen molar-refractivity contribution in [1.29, 1.82) is 0 Å². The number of hydrogen-bond donors (Lipinski definition) is 1. The molecule has 0 fully saturated rings. The van der Waals surface area contributed by atoms with Crippen molar-refractivity contribution in [1.82, 2.24) is 5.01 Å². The molecule has 2 N–H and O–H groups in total. The van der Waals surface area contributed by atoms with Gasteiger partial charge in [-0.05, 0) is 36.2 Å². The average molecular weight is 309 g/mol. The molecule has 2 aromatic carbocycles. The third-order valence-electron chi connectivity index (χ3n) is 4.16.